The van der Waals surface area contributed by atoms with Crippen LogP contribution in [-0.2, 0) is 34.8 Å². The summed E-state index contributed by atoms with van der Waals surface area (Å²) in [5.74, 6) is 1.43. The van der Waals surface area contributed by atoms with Crippen molar-refractivity contribution >= 4 is 10.9 Å². The number of pyridine rings is 2. The average molecular weight is 563 g/mol. The molecule has 2 atom stereocenters. The summed E-state index contributed by atoms with van der Waals surface area (Å²) in [7, 11) is 2.16. The molecule has 10 nitrogen and oxygen atoms in total. The minimum atomic E-state index is -1.17. The van der Waals surface area contributed by atoms with Crippen LogP contribution in [0.25, 0.3) is 22.3 Å². The number of benzene rings is 1. The van der Waals surface area contributed by atoms with E-state index in [-0.39, 0.29) is 18.3 Å². The SMILES string of the molecule is CC[C@]1(OC(C)C)c2cc3n(c(=O)c2COC1O)Cc1c-3nc2cc3c(cc2c1CN1CCN(C)CC1)OCCO3. The number of aliphatic hydroxyl groups is 1. The van der Waals surface area contributed by atoms with Gasteiger partial charge in [0.15, 0.2) is 17.8 Å². The van der Waals surface area contributed by atoms with E-state index in [1.807, 2.05) is 37.5 Å². The van der Waals surface area contributed by atoms with Gasteiger partial charge in [0.25, 0.3) is 5.56 Å². The Morgan fingerprint density at radius 3 is 2.54 bits per heavy atom. The molecule has 4 aliphatic rings. The molecule has 6 heterocycles. The number of fused-ring (bicyclic) bond motifs is 6. The summed E-state index contributed by atoms with van der Waals surface area (Å²) in [4.78, 5) is 24.1. The van der Waals surface area contributed by atoms with Crippen LogP contribution < -0.4 is 15.0 Å². The van der Waals surface area contributed by atoms with E-state index in [0.717, 1.165) is 66.3 Å². The van der Waals surface area contributed by atoms with Crippen LogP contribution in [0.2, 0.25) is 0 Å². The van der Waals surface area contributed by atoms with Gasteiger partial charge < -0.3 is 33.5 Å². The maximum absolute atomic E-state index is 14.1. The van der Waals surface area contributed by atoms with E-state index in [1.165, 1.54) is 5.56 Å². The third kappa shape index (κ3) is 4.27. The summed E-state index contributed by atoms with van der Waals surface area (Å²) in [6.07, 6.45) is -0.891. The van der Waals surface area contributed by atoms with Gasteiger partial charge in [-0.3, -0.25) is 9.69 Å². The van der Waals surface area contributed by atoms with E-state index < -0.39 is 11.9 Å². The number of piperazine rings is 1. The van der Waals surface area contributed by atoms with Gasteiger partial charge in [0, 0.05) is 60.9 Å². The van der Waals surface area contributed by atoms with E-state index >= 15 is 0 Å². The lowest BCUT2D eigenvalue weighted by molar-refractivity contribution is -0.266. The second kappa shape index (κ2) is 10.1. The van der Waals surface area contributed by atoms with Gasteiger partial charge in [-0.2, -0.15) is 0 Å². The summed E-state index contributed by atoms with van der Waals surface area (Å²) in [6, 6.07) is 6.03. The Hall–Kier alpha value is -3.02. The Labute approximate surface area is 239 Å². The molecule has 1 saturated heterocycles. The summed E-state index contributed by atoms with van der Waals surface area (Å²) in [5, 5.41) is 12.1. The molecule has 7 rings (SSSR count). The number of ether oxygens (including phenoxy) is 4. The molecular formula is C31H38N4O6. The van der Waals surface area contributed by atoms with Gasteiger partial charge in [0.05, 0.1) is 36.2 Å². The first-order valence-electron chi connectivity index (χ1n) is 14.7. The van der Waals surface area contributed by atoms with Gasteiger partial charge in [-0.1, -0.05) is 6.92 Å². The van der Waals surface area contributed by atoms with Crippen LogP contribution in [0.5, 0.6) is 11.5 Å². The van der Waals surface area contributed by atoms with Crippen molar-refractivity contribution in [3.63, 3.8) is 0 Å². The second-order valence-corrected chi connectivity index (χ2v) is 11.9. The zero-order valence-electron chi connectivity index (χ0n) is 24.2. The monoisotopic (exact) mass is 562 g/mol. The Balaban J connectivity index is 1.43. The van der Waals surface area contributed by atoms with Crippen LogP contribution >= 0.6 is 0 Å². The third-order valence-corrected chi connectivity index (χ3v) is 9.02. The number of likely N-dealkylation sites (N-methyl/N-ethyl adjacent to an activating group) is 1. The molecule has 3 aromatic rings. The molecule has 0 radical (unpaired) electrons. The third-order valence-electron chi connectivity index (χ3n) is 9.02. The quantitative estimate of drug-likeness (QED) is 0.394. The molecule has 1 fully saturated rings. The number of rotatable bonds is 5. The highest BCUT2D eigenvalue weighted by Gasteiger charge is 2.47. The number of hydrogen-bond acceptors (Lipinski definition) is 9. The molecule has 0 saturated carbocycles. The average Bonchev–Trinajstić information content (AvgIpc) is 3.33. The first-order valence-corrected chi connectivity index (χ1v) is 14.7. The van der Waals surface area contributed by atoms with Gasteiger partial charge in [0.2, 0.25) is 0 Å². The largest absolute Gasteiger partial charge is 0.486 e. The van der Waals surface area contributed by atoms with E-state index in [2.05, 4.69) is 22.9 Å². The van der Waals surface area contributed by atoms with Crippen molar-refractivity contribution in [1.82, 2.24) is 19.4 Å². The fraction of sp³-hybridized carbons (Fsp3) is 0.548. The molecule has 10 heteroatoms. The molecule has 218 valence electrons. The molecule has 0 bridgehead atoms. The topological polar surface area (TPSA) is 98.5 Å². The lowest BCUT2D eigenvalue weighted by Crippen LogP contribution is -2.50. The predicted molar refractivity (Wildman–Crippen MR) is 153 cm³/mol. The van der Waals surface area contributed by atoms with Gasteiger partial charge >= 0.3 is 0 Å². The van der Waals surface area contributed by atoms with Crippen molar-refractivity contribution in [2.45, 2.75) is 64.9 Å². The zero-order chi connectivity index (χ0) is 28.5. The number of aromatic nitrogens is 2. The molecule has 1 N–H and O–H groups in total. The molecular weight excluding hydrogens is 524 g/mol. The van der Waals surface area contributed by atoms with Crippen LogP contribution in [0.3, 0.4) is 0 Å². The fourth-order valence-corrected chi connectivity index (χ4v) is 6.84. The summed E-state index contributed by atoms with van der Waals surface area (Å²) >= 11 is 0. The lowest BCUT2D eigenvalue weighted by atomic mass is 9.84. The number of hydrogen-bond donors (Lipinski definition) is 1. The Bertz CT molecular complexity index is 1580. The Kier molecular flexibility index (Phi) is 6.59. The van der Waals surface area contributed by atoms with E-state index in [9.17, 15) is 9.90 Å². The van der Waals surface area contributed by atoms with Crippen LogP contribution in [0, 0.1) is 0 Å². The van der Waals surface area contributed by atoms with Gasteiger partial charge in [0.1, 0.15) is 18.8 Å². The fourth-order valence-electron chi connectivity index (χ4n) is 6.84. The van der Waals surface area contributed by atoms with Gasteiger partial charge in [-0.05, 0) is 45.0 Å². The van der Waals surface area contributed by atoms with Crippen molar-refractivity contribution in [1.29, 1.82) is 0 Å². The minimum Gasteiger partial charge on any atom is -0.486 e. The predicted octanol–water partition coefficient (Wildman–Crippen LogP) is 2.82. The van der Waals surface area contributed by atoms with Crippen LogP contribution in [0.1, 0.15) is 49.4 Å². The van der Waals surface area contributed by atoms with Crippen LogP contribution in [0.15, 0.2) is 23.0 Å². The van der Waals surface area contributed by atoms with Crippen molar-refractivity contribution < 1.29 is 24.1 Å². The molecule has 2 aromatic heterocycles. The molecule has 0 amide bonds. The molecule has 1 unspecified atom stereocenters. The minimum absolute atomic E-state index is 0.0418. The summed E-state index contributed by atoms with van der Waals surface area (Å²) in [6.45, 7) is 12.0. The van der Waals surface area contributed by atoms with Gasteiger partial charge in [-0.15, -0.1) is 0 Å². The summed E-state index contributed by atoms with van der Waals surface area (Å²) < 4.78 is 25.8. The molecule has 1 aromatic carbocycles. The van der Waals surface area contributed by atoms with Crippen molar-refractivity contribution in [2.24, 2.45) is 0 Å². The highest BCUT2D eigenvalue weighted by Crippen LogP contribution is 2.45. The molecule has 0 aliphatic carbocycles. The second-order valence-electron chi connectivity index (χ2n) is 11.9. The molecule has 0 spiro atoms. The number of nitrogens with zero attached hydrogens (tertiary/aromatic N) is 4. The first-order chi connectivity index (χ1) is 19.8. The summed E-state index contributed by atoms with van der Waals surface area (Å²) in [5.41, 5.74) is 4.58. The van der Waals surface area contributed by atoms with Gasteiger partial charge in [-0.25, -0.2) is 4.98 Å². The molecule has 4 aliphatic heterocycles. The Morgan fingerprint density at radius 1 is 1.10 bits per heavy atom. The first kappa shape index (κ1) is 26.9. The van der Waals surface area contributed by atoms with E-state index in [4.69, 9.17) is 23.9 Å². The highest BCUT2D eigenvalue weighted by molar-refractivity contribution is 5.90. The normalized spacial score (nSPS) is 24.0. The van der Waals surface area contributed by atoms with Crippen molar-refractivity contribution in [3.05, 3.63) is 50.8 Å². The lowest BCUT2D eigenvalue weighted by Gasteiger charge is -2.42. The van der Waals surface area contributed by atoms with E-state index in [1.54, 1.807) is 0 Å². The zero-order valence-corrected chi connectivity index (χ0v) is 24.2. The van der Waals surface area contributed by atoms with Crippen molar-refractivity contribution in [3.8, 4) is 22.9 Å². The molecule has 41 heavy (non-hydrogen) atoms. The Morgan fingerprint density at radius 2 is 1.83 bits per heavy atom. The standard InChI is InChI=1S/C31H38N4O6/c1-5-31(41-18(2)3)23-13-25-28-21(16-35(25)29(36)22(23)17-40-30(31)37)20(15-34-8-6-33(4)7-9-34)19-12-26-27(14-24(19)32-28)39-11-10-38-26/h12-14,18,30,37H,5-11,15-17H2,1-4H3/t30?,31-/m0/s1. The number of aliphatic hydroxyl groups excluding tert-OH is 1. The van der Waals surface area contributed by atoms with E-state index in [0.29, 0.717) is 43.1 Å². The highest BCUT2D eigenvalue weighted by atomic mass is 16.6. The maximum Gasteiger partial charge on any atom is 0.257 e. The van der Waals surface area contributed by atoms with Crippen LogP contribution in [-0.4, -0.2) is 83.3 Å². The maximum atomic E-state index is 14.1. The van der Waals surface area contributed by atoms with Crippen LogP contribution in [0.4, 0.5) is 0 Å². The van der Waals surface area contributed by atoms with Crippen molar-refractivity contribution in [2.75, 3.05) is 46.4 Å². The smallest absolute Gasteiger partial charge is 0.257 e.